The number of hydrogen-bond acceptors (Lipinski definition) is 2. The van der Waals surface area contributed by atoms with E-state index in [1.165, 1.54) is 0 Å². The minimum atomic E-state index is -0.436. The van der Waals surface area contributed by atoms with Crippen molar-refractivity contribution in [2.24, 2.45) is 0 Å². The molecule has 0 aromatic heterocycles. The number of nitrogens with zero attached hydrogens (tertiary/aromatic N) is 1. The van der Waals surface area contributed by atoms with Crippen LogP contribution < -0.4 is 4.74 Å². The van der Waals surface area contributed by atoms with Crippen molar-refractivity contribution in [1.29, 1.82) is 0 Å². The molecule has 0 saturated carbocycles. The summed E-state index contributed by atoms with van der Waals surface area (Å²) in [6.45, 7) is 0.191. The van der Waals surface area contributed by atoms with E-state index in [4.69, 9.17) is 11.2 Å². The summed E-state index contributed by atoms with van der Waals surface area (Å²) < 4.78 is 5.20. The molecule has 3 nitrogen and oxygen atoms in total. The van der Waals surface area contributed by atoms with Gasteiger partial charge < -0.3 is 9.64 Å². The molecule has 1 atom stereocenters. The van der Waals surface area contributed by atoms with Crippen LogP contribution in [0.4, 0.5) is 0 Å². The van der Waals surface area contributed by atoms with Gasteiger partial charge in [0, 0.05) is 11.1 Å². The lowest BCUT2D eigenvalue weighted by Crippen LogP contribution is -2.36. The monoisotopic (exact) mass is 381 g/mol. The summed E-state index contributed by atoms with van der Waals surface area (Å²) in [6.07, 6.45) is 13.0. The van der Waals surface area contributed by atoms with Crippen LogP contribution in [0.2, 0.25) is 0 Å². The average Bonchev–Trinajstić information content (AvgIpc) is 2.79. The van der Waals surface area contributed by atoms with E-state index in [0.717, 1.165) is 28.9 Å². The van der Waals surface area contributed by atoms with E-state index in [0.29, 0.717) is 6.42 Å². The zero-order valence-electron chi connectivity index (χ0n) is 16.5. The lowest BCUT2D eigenvalue weighted by molar-refractivity contribution is -0.128. The van der Waals surface area contributed by atoms with Crippen LogP contribution in [0.3, 0.4) is 0 Å². The fraction of sp³-hybridized carbons (Fsp3) is 0.192. The Morgan fingerprint density at radius 2 is 1.93 bits per heavy atom. The normalized spacial score (nSPS) is 13.3. The Kier molecular flexibility index (Phi) is 6.93. The smallest absolute Gasteiger partial charge is 0.251 e. The van der Waals surface area contributed by atoms with Gasteiger partial charge in [-0.05, 0) is 42.7 Å². The Labute approximate surface area is 172 Å². The van der Waals surface area contributed by atoms with Crippen LogP contribution in [0.5, 0.6) is 5.75 Å². The summed E-state index contributed by atoms with van der Waals surface area (Å²) in [7, 11) is 1.63. The minimum Gasteiger partial charge on any atom is -0.497 e. The van der Waals surface area contributed by atoms with E-state index >= 15 is 0 Å². The Hall–Kier alpha value is -3.69. The highest BCUT2D eigenvalue weighted by Gasteiger charge is 2.25. The first kappa shape index (κ1) is 20.1. The van der Waals surface area contributed by atoms with Crippen LogP contribution in [0.15, 0.2) is 78.4 Å². The Morgan fingerprint density at radius 3 is 2.55 bits per heavy atom. The predicted molar refractivity (Wildman–Crippen MR) is 116 cm³/mol. The summed E-state index contributed by atoms with van der Waals surface area (Å²) in [5.74, 6) is 9.79. The number of amides is 1. The third-order valence-corrected chi connectivity index (χ3v) is 4.68. The number of benzene rings is 2. The van der Waals surface area contributed by atoms with E-state index in [9.17, 15) is 4.79 Å². The van der Waals surface area contributed by atoms with Crippen molar-refractivity contribution in [2.45, 2.75) is 18.9 Å². The molecule has 1 aliphatic carbocycles. The van der Waals surface area contributed by atoms with Crippen molar-refractivity contribution in [3.05, 3.63) is 89.5 Å². The van der Waals surface area contributed by atoms with Crippen molar-refractivity contribution in [3.8, 4) is 29.9 Å². The summed E-state index contributed by atoms with van der Waals surface area (Å²) in [5.41, 5.74) is 2.54. The van der Waals surface area contributed by atoms with Gasteiger partial charge in [-0.2, -0.15) is 0 Å². The Morgan fingerprint density at radius 1 is 1.17 bits per heavy atom. The van der Waals surface area contributed by atoms with Crippen molar-refractivity contribution in [3.63, 3.8) is 0 Å². The first-order chi connectivity index (χ1) is 14.2. The molecule has 1 unspecified atom stereocenters. The molecule has 0 fully saturated rings. The Bertz CT molecular complexity index is 999. The lowest BCUT2D eigenvalue weighted by atomic mass is 10.00. The molecule has 3 heteroatoms. The van der Waals surface area contributed by atoms with Crippen LogP contribution in [-0.2, 0) is 4.79 Å². The molecule has 1 aliphatic rings. The predicted octanol–water partition coefficient (Wildman–Crippen LogP) is 4.53. The molecule has 3 rings (SSSR count). The van der Waals surface area contributed by atoms with Gasteiger partial charge in [0.1, 0.15) is 11.8 Å². The number of terminal acetylenes is 1. The fourth-order valence-corrected chi connectivity index (χ4v) is 3.15. The van der Waals surface area contributed by atoms with Gasteiger partial charge in [-0.25, -0.2) is 0 Å². The molecule has 0 heterocycles. The lowest BCUT2D eigenvalue weighted by Gasteiger charge is -2.28. The van der Waals surface area contributed by atoms with Gasteiger partial charge in [0.15, 0.2) is 0 Å². The third kappa shape index (κ3) is 5.18. The summed E-state index contributed by atoms with van der Waals surface area (Å²) in [4.78, 5) is 14.9. The van der Waals surface area contributed by atoms with Gasteiger partial charge in [-0.3, -0.25) is 4.79 Å². The zero-order valence-corrected chi connectivity index (χ0v) is 16.5. The van der Waals surface area contributed by atoms with E-state index in [1.54, 1.807) is 12.0 Å². The van der Waals surface area contributed by atoms with Crippen LogP contribution in [0.25, 0.3) is 0 Å². The maximum atomic E-state index is 13.2. The highest BCUT2D eigenvalue weighted by molar-refractivity contribution is 5.94. The van der Waals surface area contributed by atoms with E-state index in [-0.39, 0.29) is 12.5 Å². The topological polar surface area (TPSA) is 29.5 Å². The molecule has 0 spiro atoms. The molecule has 2 aromatic rings. The second-order valence-electron chi connectivity index (χ2n) is 6.61. The van der Waals surface area contributed by atoms with Gasteiger partial charge in [0.2, 0.25) is 0 Å². The molecule has 0 radical (unpaired) electrons. The van der Waals surface area contributed by atoms with Crippen LogP contribution in [0, 0.1) is 24.2 Å². The SMILES string of the molecule is C#CCN(C(=O)C1=CC=CCC1)C(C#Cc1ccc(OC)cc1)c1ccccc1. The summed E-state index contributed by atoms with van der Waals surface area (Å²) in [6, 6.07) is 16.9. The second-order valence-corrected chi connectivity index (χ2v) is 6.61. The highest BCUT2D eigenvalue weighted by Crippen LogP contribution is 2.24. The van der Waals surface area contributed by atoms with Gasteiger partial charge >= 0.3 is 0 Å². The maximum absolute atomic E-state index is 13.2. The van der Waals surface area contributed by atoms with Crippen LogP contribution >= 0.6 is 0 Å². The third-order valence-electron chi connectivity index (χ3n) is 4.68. The van der Waals surface area contributed by atoms with E-state index in [2.05, 4.69) is 23.8 Å². The molecule has 1 amide bonds. The molecular weight excluding hydrogens is 358 g/mol. The zero-order chi connectivity index (χ0) is 20.5. The number of allylic oxidation sites excluding steroid dienone is 3. The van der Waals surface area contributed by atoms with Crippen molar-refractivity contribution >= 4 is 5.91 Å². The average molecular weight is 381 g/mol. The van der Waals surface area contributed by atoms with E-state index < -0.39 is 6.04 Å². The number of hydrogen-bond donors (Lipinski definition) is 0. The van der Waals surface area contributed by atoms with Gasteiger partial charge in [0.25, 0.3) is 5.91 Å². The van der Waals surface area contributed by atoms with Gasteiger partial charge in [-0.1, -0.05) is 66.3 Å². The second kappa shape index (κ2) is 10.0. The number of ether oxygens (including phenoxy) is 1. The van der Waals surface area contributed by atoms with Crippen molar-refractivity contribution in [1.82, 2.24) is 4.90 Å². The minimum absolute atomic E-state index is 0.0646. The molecule has 0 N–H and O–H groups in total. The summed E-state index contributed by atoms with van der Waals surface area (Å²) >= 11 is 0. The van der Waals surface area contributed by atoms with Crippen LogP contribution in [-0.4, -0.2) is 24.5 Å². The summed E-state index contributed by atoms with van der Waals surface area (Å²) in [5, 5.41) is 0. The number of rotatable bonds is 5. The number of carbonyl (C=O) groups excluding carboxylic acids is 1. The fourth-order valence-electron chi connectivity index (χ4n) is 3.15. The number of carbonyl (C=O) groups is 1. The molecular formula is C26H23NO2. The van der Waals surface area contributed by atoms with E-state index in [1.807, 2.05) is 66.7 Å². The standard InChI is InChI=1S/C26H23NO2/c1-3-20-27(26(28)23-12-8-5-9-13-23)25(22-10-6-4-7-11-22)19-16-21-14-17-24(29-2)18-15-21/h1,4-8,10-12,14-15,17-18,25H,9,13,20H2,2H3. The van der Waals surface area contributed by atoms with Gasteiger partial charge in [-0.15, -0.1) is 6.42 Å². The quantitative estimate of drug-likeness (QED) is 0.713. The molecule has 0 bridgehead atoms. The van der Waals surface area contributed by atoms with Gasteiger partial charge in [0.05, 0.1) is 13.7 Å². The molecule has 0 saturated heterocycles. The molecule has 2 aromatic carbocycles. The van der Waals surface area contributed by atoms with Crippen molar-refractivity contribution < 1.29 is 9.53 Å². The number of methoxy groups -OCH3 is 1. The first-order valence-electron chi connectivity index (χ1n) is 9.53. The largest absolute Gasteiger partial charge is 0.497 e. The molecule has 144 valence electrons. The van der Waals surface area contributed by atoms with Crippen molar-refractivity contribution in [2.75, 3.05) is 13.7 Å². The highest BCUT2D eigenvalue weighted by atomic mass is 16.5. The Balaban J connectivity index is 1.98. The first-order valence-corrected chi connectivity index (χ1v) is 9.53. The molecule has 0 aliphatic heterocycles. The maximum Gasteiger partial charge on any atom is 0.251 e. The van der Waals surface area contributed by atoms with Crippen LogP contribution in [0.1, 0.15) is 30.0 Å². The molecule has 29 heavy (non-hydrogen) atoms.